The van der Waals surface area contributed by atoms with Gasteiger partial charge in [-0.3, -0.25) is 9.59 Å². The van der Waals surface area contributed by atoms with Crippen LogP contribution in [-0.2, 0) is 16.1 Å². The highest BCUT2D eigenvalue weighted by Gasteiger charge is 2.27. The van der Waals surface area contributed by atoms with E-state index in [2.05, 4.69) is 22.1 Å². The number of carbonyl (C=O) groups excluding carboxylic acids is 1. The van der Waals surface area contributed by atoms with Gasteiger partial charge in [0, 0.05) is 18.7 Å². The second-order valence-corrected chi connectivity index (χ2v) is 9.80. The van der Waals surface area contributed by atoms with Crippen LogP contribution in [0.5, 0.6) is 0 Å². The van der Waals surface area contributed by atoms with Gasteiger partial charge in [0.15, 0.2) is 0 Å². The van der Waals surface area contributed by atoms with E-state index in [1.54, 1.807) is 23.8 Å². The molecule has 0 unspecified atom stereocenters. The average molecular weight is 506 g/mol. The molecule has 34 heavy (non-hydrogen) atoms. The van der Waals surface area contributed by atoms with Gasteiger partial charge >= 0.3 is 5.97 Å². The lowest BCUT2D eigenvalue weighted by Gasteiger charge is -2.26. The van der Waals surface area contributed by atoms with Crippen LogP contribution in [0.3, 0.4) is 0 Å². The van der Waals surface area contributed by atoms with Crippen molar-refractivity contribution in [2.45, 2.75) is 51.7 Å². The SMILES string of the molecule is COC(C)(C)C#Cc1nc(Cl)n(Cc2ccc(Cl)cc2)c1C(=O)NCC1CCC(C(=O)O)CC1. The number of carboxylic acid groups (broad SMARTS) is 1. The Labute approximate surface area is 209 Å². The Kier molecular flexibility index (Phi) is 8.64. The summed E-state index contributed by atoms with van der Waals surface area (Å²) in [5.74, 6) is 4.81. The second kappa shape index (κ2) is 11.3. The molecule has 3 rings (SSSR count). The molecule has 9 heteroatoms. The van der Waals surface area contributed by atoms with Gasteiger partial charge in [0.05, 0.1) is 12.5 Å². The summed E-state index contributed by atoms with van der Waals surface area (Å²) in [6, 6.07) is 7.27. The molecule has 2 N–H and O–H groups in total. The minimum Gasteiger partial charge on any atom is -0.481 e. The van der Waals surface area contributed by atoms with E-state index in [-0.39, 0.29) is 34.4 Å². The molecule has 0 bridgehead atoms. The van der Waals surface area contributed by atoms with Crippen LogP contribution in [-0.4, -0.2) is 45.8 Å². The Hall–Kier alpha value is -2.53. The molecule has 1 aliphatic rings. The molecule has 7 nitrogen and oxygen atoms in total. The first-order chi connectivity index (χ1) is 16.1. The Morgan fingerprint density at radius 1 is 1.21 bits per heavy atom. The normalized spacial score (nSPS) is 18.1. The lowest BCUT2D eigenvalue weighted by Crippen LogP contribution is -2.34. The summed E-state index contributed by atoms with van der Waals surface area (Å²) in [5.41, 5.74) is 0.736. The van der Waals surface area contributed by atoms with E-state index in [0.717, 1.165) is 18.4 Å². The Morgan fingerprint density at radius 3 is 2.44 bits per heavy atom. The van der Waals surface area contributed by atoms with Crippen LogP contribution >= 0.6 is 23.2 Å². The minimum absolute atomic E-state index is 0.154. The van der Waals surface area contributed by atoms with E-state index >= 15 is 0 Å². The molecular formula is C25H29Cl2N3O4. The van der Waals surface area contributed by atoms with Gasteiger partial charge in [0.25, 0.3) is 5.91 Å². The van der Waals surface area contributed by atoms with Crippen molar-refractivity contribution in [3.63, 3.8) is 0 Å². The third-order valence-corrected chi connectivity index (χ3v) is 6.67. The fraction of sp³-hybridized carbons (Fsp3) is 0.480. The number of carboxylic acids is 1. The average Bonchev–Trinajstić information content (AvgIpc) is 3.13. The number of carbonyl (C=O) groups is 2. The van der Waals surface area contributed by atoms with Crippen molar-refractivity contribution in [2.24, 2.45) is 11.8 Å². The van der Waals surface area contributed by atoms with Crippen molar-refractivity contribution in [2.75, 3.05) is 13.7 Å². The van der Waals surface area contributed by atoms with Crippen molar-refractivity contribution >= 4 is 35.1 Å². The molecule has 1 fully saturated rings. The van der Waals surface area contributed by atoms with Crippen LogP contribution in [0.4, 0.5) is 0 Å². The van der Waals surface area contributed by atoms with Gasteiger partial charge in [0.1, 0.15) is 17.0 Å². The number of aliphatic carboxylic acids is 1. The Morgan fingerprint density at radius 2 is 1.85 bits per heavy atom. The number of benzene rings is 1. The van der Waals surface area contributed by atoms with Gasteiger partial charge < -0.3 is 19.7 Å². The highest BCUT2D eigenvalue weighted by molar-refractivity contribution is 6.30. The molecule has 1 aromatic carbocycles. The zero-order valence-electron chi connectivity index (χ0n) is 19.5. The predicted octanol–water partition coefficient (Wildman–Crippen LogP) is 4.64. The number of rotatable bonds is 7. The number of nitrogens with one attached hydrogen (secondary N) is 1. The topological polar surface area (TPSA) is 93.5 Å². The highest BCUT2D eigenvalue weighted by Crippen LogP contribution is 2.28. The fourth-order valence-corrected chi connectivity index (χ4v) is 4.21. The van der Waals surface area contributed by atoms with Gasteiger partial charge in [-0.1, -0.05) is 29.7 Å². The molecule has 182 valence electrons. The molecule has 0 radical (unpaired) electrons. The van der Waals surface area contributed by atoms with Crippen molar-refractivity contribution in [3.8, 4) is 11.8 Å². The smallest absolute Gasteiger partial charge is 0.306 e. The lowest BCUT2D eigenvalue weighted by molar-refractivity contribution is -0.143. The number of hydrogen-bond acceptors (Lipinski definition) is 4. The molecule has 1 amide bonds. The highest BCUT2D eigenvalue weighted by atomic mass is 35.5. The van der Waals surface area contributed by atoms with Crippen LogP contribution in [0, 0.1) is 23.7 Å². The van der Waals surface area contributed by atoms with Crippen LogP contribution < -0.4 is 5.32 Å². The van der Waals surface area contributed by atoms with E-state index < -0.39 is 11.6 Å². The van der Waals surface area contributed by atoms with E-state index in [1.165, 1.54) is 0 Å². The molecule has 0 spiro atoms. The van der Waals surface area contributed by atoms with Crippen LogP contribution in [0.2, 0.25) is 10.3 Å². The molecule has 0 aliphatic heterocycles. The predicted molar refractivity (Wildman–Crippen MR) is 131 cm³/mol. The van der Waals surface area contributed by atoms with Gasteiger partial charge in [-0.05, 0) is 80.7 Å². The molecule has 1 saturated carbocycles. The van der Waals surface area contributed by atoms with Crippen molar-refractivity contribution < 1.29 is 19.4 Å². The first-order valence-corrected chi connectivity index (χ1v) is 11.9. The van der Waals surface area contributed by atoms with Gasteiger partial charge in [0.2, 0.25) is 5.28 Å². The summed E-state index contributed by atoms with van der Waals surface area (Å²) >= 11 is 12.4. The van der Waals surface area contributed by atoms with Crippen molar-refractivity contribution in [3.05, 3.63) is 51.5 Å². The number of aromatic nitrogens is 2. The largest absolute Gasteiger partial charge is 0.481 e. The fourth-order valence-electron chi connectivity index (χ4n) is 3.85. The zero-order chi connectivity index (χ0) is 24.9. The number of halogens is 2. The first-order valence-electron chi connectivity index (χ1n) is 11.2. The van der Waals surface area contributed by atoms with E-state index in [0.29, 0.717) is 31.0 Å². The molecule has 2 aromatic rings. The molecular weight excluding hydrogens is 477 g/mol. The molecule has 0 saturated heterocycles. The molecule has 0 atom stereocenters. The summed E-state index contributed by atoms with van der Waals surface area (Å²) < 4.78 is 6.99. The van der Waals surface area contributed by atoms with Crippen LogP contribution in [0.25, 0.3) is 0 Å². The van der Waals surface area contributed by atoms with E-state index in [1.807, 2.05) is 26.0 Å². The van der Waals surface area contributed by atoms with Crippen molar-refractivity contribution in [1.82, 2.24) is 14.9 Å². The second-order valence-electron chi connectivity index (χ2n) is 9.02. The summed E-state index contributed by atoms with van der Waals surface area (Å²) in [6.45, 7) is 4.41. The molecule has 1 heterocycles. The third-order valence-electron chi connectivity index (χ3n) is 6.13. The quantitative estimate of drug-likeness (QED) is 0.534. The van der Waals surface area contributed by atoms with E-state index in [4.69, 9.17) is 27.9 Å². The first kappa shape index (κ1) is 26.1. The number of ether oxygens (including phenoxy) is 1. The number of imidazole rings is 1. The number of methoxy groups -OCH3 is 1. The van der Waals surface area contributed by atoms with Gasteiger partial charge in [-0.15, -0.1) is 0 Å². The Balaban J connectivity index is 1.83. The summed E-state index contributed by atoms with van der Waals surface area (Å²) in [4.78, 5) is 28.9. The number of nitrogens with zero attached hydrogens (tertiary/aromatic N) is 2. The van der Waals surface area contributed by atoms with Crippen molar-refractivity contribution in [1.29, 1.82) is 0 Å². The maximum atomic E-state index is 13.3. The standard InChI is InChI=1S/C25H29Cl2N3O4/c1-25(2,34-3)13-12-20-21(22(31)28-14-16-4-8-18(9-5-16)23(32)33)30(24(27)29-20)15-17-6-10-19(26)11-7-17/h6-7,10-11,16,18H,4-5,8-9,14-15H2,1-3H3,(H,28,31)(H,32,33). The zero-order valence-corrected chi connectivity index (χ0v) is 21.0. The van der Waals surface area contributed by atoms with Gasteiger partial charge in [-0.25, -0.2) is 4.98 Å². The number of hydrogen-bond donors (Lipinski definition) is 2. The number of amides is 1. The summed E-state index contributed by atoms with van der Waals surface area (Å²) in [6.07, 6.45) is 2.77. The van der Waals surface area contributed by atoms with E-state index in [9.17, 15) is 14.7 Å². The summed E-state index contributed by atoms with van der Waals surface area (Å²) in [5, 5.41) is 13.0. The maximum absolute atomic E-state index is 13.3. The minimum atomic E-state index is -0.745. The van der Waals surface area contributed by atoms with Gasteiger partial charge in [-0.2, -0.15) is 0 Å². The van der Waals surface area contributed by atoms with Crippen LogP contribution in [0.15, 0.2) is 24.3 Å². The molecule has 1 aliphatic carbocycles. The maximum Gasteiger partial charge on any atom is 0.306 e. The third kappa shape index (κ3) is 6.75. The lowest BCUT2D eigenvalue weighted by atomic mass is 9.82. The molecule has 1 aromatic heterocycles. The summed E-state index contributed by atoms with van der Waals surface area (Å²) in [7, 11) is 1.56. The Bertz CT molecular complexity index is 1090. The van der Waals surface area contributed by atoms with Crippen LogP contribution in [0.1, 0.15) is 61.3 Å². The monoisotopic (exact) mass is 505 g/mol.